The third-order valence-corrected chi connectivity index (χ3v) is 4.32. The van der Waals surface area contributed by atoms with Crippen molar-refractivity contribution in [2.24, 2.45) is 0 Å². The maximum atomic E-state index is 12.6. The summed E-state index contributed by atoms with van der Waals surface area (Å²) >= 11 is 0. The van der Waals surface area contributed by atoms with E-state index in [4.69, 9.17) is 0 Å². The monoisotopic (exact) mass is 341 g/mol. The van der Waals surface area contributed by atoms with E-state index in [1.165, 1.54) is 0 Å². The van der Waals surface area contributed by atoms with Crippen molar-refractivity contribution in [3.05, 3.63) is 54.6 Å². The molecule has 1 aromatic heterocycles. The number of imidazole rings is 1. The summed E-state index contributed by atoms with van der Waals surface area (Å²) in [4.78, 5) is 30.4. The van der Waals surface area contributed by atoms with Crippen LogP contribution in [0.2, 0.25) is 0 Å². The van der Waals surface area contributed by atoms with Gasteiger partial charge in [0.15, 0.2) is 0 Å². The fraction of sp³-hybridized carbons (Fsp3) is 0.389. The van der Waals surface area contributed by atoms with Crippen molar-refractivity contribution in [2.45, 2.75) is 32.0 Å². The molecule has 1 atom stereocenters. The van der Waals surface area contributed by atoms with Gasteiger partial charge in [-0.3, -0.25) is 4.79 Å². The van der Waals surface area contributed by atoms with Gasteiger partial charge in [0, 0.05) is 38.6 Å². The third-order valence-electron chi connectivity index (χ3n) is 4.32. The third kappa shape index (κ3) is 4.59. The SMILES string of the molecule is O=C(NCc1ccccc1)C1CCNC(=O)N1CCCn1ccnc1. The second-order valence-electron chi connectivity index (χ2n) is 6.09. The van der Waals surface area contributed by atoms with Crippen LogP contribution in [0.25, 0.3) is 0 Å². The number of nitrogens with zero attached hydrogens (tertiary/aromatic N) is 3. The van der Waals surface area contributed by atoms with Crippen LogP contribution < -0.4 is 10.6 Å². The van der Waals surface area contributed by atoms with Crippen LogP contribution in [0.4, 0.5) is 4.79 Å². The lowest BCUT2D eigenvalue weighted by atomic mass is 10.1. The maximum Gasteiger partial charge on any atom is 0.318 e. The first-order chi connectivity index (χ1) is 12.2. The summed E-state index contributed by atoms with van der Waals surface area (Å²) in [5, 5.41) is 5.77. The second kappa shape index (κ2) is 8.32. The zero-order chi connectivity index (χ0) is 17.5. The molecule has 1 aromatic carbocycles. The van der Waals surface area contributed by atoms with Crippen molar-refractivity contribution in [3.63, 3.8) is 0 Å². The van der Waals surface area contributed by atoms with E-state index in [1.54, 1.807) is 17.4 Å². The van der Waals surface area contributed by atoms with Gasteiger partial charge in [-0.15, -0.1) is 0 Å². The Kier molecular flexibility index (Phi) is 5.66. The summed E-state index contributed by atoms with van der Waals surface area (Å²) < 4.78 is 1.96. The van der Waals surface area contributed by atoms with Gasteiger partial charge in [0.1, 0.15) is 6.04 Å². The summed E-state index contributed by atoms with van der Waals surface area (Å²) in [6, 6.07) is 9.18. The largest absolute Gasteiger partial charge is 0.350 e. The van der Waals surface area contributed by atoms with Crippen LogP contribution in [0.3, 0.4) is 0 Å². The molecule has 7 nitrogen and oxygen atoms in total. The lowest BCUT2D eigenvalue weighted by Gasteiger charge is -2.35. The van der Waals surface area contributed by atoms with Crippen LogP contribution in [-0.2, 0) is 17.9 Å². The highest BCUT2D eigenvalue weighted by Crippen LogP contribution is 2.12. The highest BCUT2D eigenvalue weighted by atomic mass is 16.2. The number of aromatic nitrogens is 2. The van der Waals surface area contributed by atoms with Crippen LogP contribution in [0.15, 0.2) is 49.1 Å². The van der Waals surface area contributed by atoms with Crippen LogP contribution >= 0.6 is 0 Å². The predicted molar refractivity (Wildman–Crippen MR) is 93.6 cm³/mol. The molecule has 1 fully saturated rings. The molecule has 2 aromatic rings. The number of urea groups is 1. The first-order valence-electron chi connectivity index (χ1n) is 8.56. The van der Waals surface area contributed by atoms with Crippen molar-refractivity contribution < 1.29 is 9.59 Å². The van der Waals surface area contributed by atoms with E-state index in [2.05, 4.69) is 15.6 Å². The lowest BCUT2D eigenvalue weighted by molar-refractivity contribution is -0.126. The zero-order valence-corrected chi connectivity index (χ0v) is 14.1. The molecule has 1 aliphatic heterocycles. The Morgan fingerprint density at radius 2 is 2.12 bits per heavy atom. The molecule has 1 unspecified atom stereocenters. The molecular formula is C18H23N5O2. The van der Waals surface area contributed by atoms with Gasteiger partial charge < -0.3 is 20.1 Å². The molecule has 1 saturated heterocycles. The zero-order valence-electron chi connectivity index (χ0n) is 14.1. The van der Waals surface area contributed by atoms with E-state index in [1.807, 2.05) is 41.1 Å². The van der Waals surface area contributed by atoms with Crippen molar-refractivity contribution in [1.82, 2.24) is 25.1 Å². The summed E-state index contributed by atoms with van der Waals surface area (Å²) in [6.07, 6.45) is 6.76. The molecule has 3 rings (SSSR count). The Bertz CT molecular complexity index is 687. The minimum atomic E-state index is -0.416. The molecule has 132 valence electrons. The summed E-state index contributed by atoms with van der Waals surface area (Å²) in [7, 11) is 0. The quantitative estimate of drug-likeness (QED) is 0.798. The number of hydrogen-bond acceptors (Lipinski definition) is 3. The van der Waals surface area contributed by atoms with E-state index in [0.717, 1.165) is 18.5 Å². The summed E-state index contributed by atoms with van der Waals surface area (Å²) in [5.74, 6) is -0.0960. The van der Waals surface area contributed by atoms with Crippen molar-refractivity contribution >= 4 is 11.9 Å². The van der Waals surface area contributed by atoms with Crippen LogP contribution in [0.5, 0.6) is 0 Å². The number of carbonyl (C=O) groups excluding carboxylic acids is 2. The number of hydrogen-bond donors (Lipinski definition) is 2. The van der Waals surface area contributed by atoms with Gasteiger partial charge in [0.2, 0.25) is 5.91 Å². The number of nitrogens with one attached hydrogen (secondary N) is 2. The van der Waals surface area contributed by atoms with Gasteiger partial charge in [-0.05, 0) is 18.4 Å². The first-order valence-corrected chi connectivity index (χ1v) is 8.56. The Balaban J connectivity index is 1.54. The highest BCUT2D eigenvalue weighted by Gasteiger charge is 2.32. The van der Waals surface area contributed by atoms with E-state index < -0.39 is 6.04 Å². The molecule has 7 heteroatoms. The molecule has 25 heavy (non-hydrogen) atoms. The fourth-order valence-electron chi connectivity index (χ4n) is 2.99. The van der Waals surface area contributed by atoms with Gasteiger partial charge in [-0.1, -0.05) is 30.3 Å². The minimum Gasteiger partial charge on any atom is -0.350 e. The smallest absolute Gasteiger partial charge is 0.318 e. The molecule has 0 saturated carbocycles. The predicted octanol–water partition coefficient (Wildman–Crippen LogP) is 1.37. The van der Waals surface area contributed by atoms with Crippen molar-refractivity contribution in [3.8, 4) is 0 Å². The molecule has 2 N–H and O–H groups in total. The van der Waals surface area contributed by atoms with E-state index in [-0.39, 0.29) is 11.9 Å². The fourth-order valence-corrected chi connectivity index (χ4v) is 2.99. The number of benzene rings is 1. The average molecular weight is 341 g/mol. The molecule has 2 heterocycles. The molecular weight excluding hydrogens is 318 g/mol. The highest BCUT2D eigenvalue weighted by molar-refractivity contribution is 5.88. The Hall–Kier alpha value is -2.83. The van der Waals surface area contributed by atoms with Crippen LogP contribution in [-0.4, -0.2) is 45.5 Å². The summed E-state index contributed by atoms with van der Waals surface area (Å²) in [6.45, 7) is 2.30. The molecule has 0 spiro atoms. The van der Waals surface area contributed by atoms with Crippen molar-refractivity contribution in [2.75, 3.05) is 13.1 Å². The number of aryl methyl sites for hydroxylation is 1. The van der Waals surface area contributed by atoms with Gasteiger partial charge in [-0.25, -0.2) is 9.78 Å². The molecule has 0 radical (unpaired) electrons. The Morgan fingerprint density at radius 1 is 1.28 bits per heavy atom. The number of amides is 3. The van der Waals surface area contributed by atoms with Gasteiger partial charge in [0.25, 0.3) is 0 Å². The maximum absolute atomic E-state index is 12.6. The van der Waals surface area contributed by atoms with Gasteiger partial charge in [0.05, 0.1) is 6.33 Å². The van der Waals surface area contributed by atoms with E-state index in [9.17, 15) is 9.59 Å². The Morgan fingerprint density at radius 3 is 2.88 bits per heavy atom. The number of carbonyl (C=O) groups is 2. The molecule has 0 aliphatic carbocycles. The van der Waals surface area contributed by atoms with Crippen LogP contribution in [0, 0.1) is 0 Å². The molecule has 0 bridgehead atoms. The van der Waals surface area contributed by atoms with Crippen LogP contribution in [0.1, 0.15) is 18.4 Å². The Labute approximate surface area is 147 Å². The minimum absolute atomic E-state index is 0.0960. The summed E-state index contributed by atoms with van der Waals surface area (Å²) in [5.41, 5.74) is 1.04. The normalized spacial score (nSPS) is 17.2. The van der Waals surface area contributed by atoms with Gasteiger partial charge >= 0.3 is 6.03 Å². The average Bonchev–Trinajstić information content (AvgIpc) is 3.15. The standard InChI is InChI=1S/C18H23N5O2/c24-17(21-13-15-5-2-1-3-6-15)16-7-8-20-18(25)23(16)11-4-10-22-12-9-19-14-22/h1-3,5-6,9,12,14,16H,4,7-8,10-11,13H2,(H,20,25)(H,21,24). The topological polar surface area (TPSA) is 79.3 Å². The van der Waals surface area contributed by atoms with Crippen molar-refractivity contribution in [1.29, 1.82) is 0 Å². The van der Waals surface area contributed by atoms with E-state index >= 15 is 0 Å². The lowest BCUT2D eigenvalue weighted by Crippen LogP contribution is -2.58. The molecule has 3 amide bonds. The van der Waals surface area contributed by atoms with Gasteiger partial charge in [-0.2, -0.15) is 0 Å². The number of rotatable bonds is 7. The first kappa shape index (κ1) is 17.0. The molecule has 1 aliphatic rings. The second-order valence-corrected chi connectivity index (χ2v) is 6.09. The van der Waals surface area contributed by atoms with E-state index in [0.29, 0.717) is 26.1 Å².